The van der Waals surface area contributed by atoms with Crippen LogP contribution in [0.15, 0.2) is 36.4 Å². The predicted molar refractivity (Wildman–Crippen MR) is 131 cm³/mol. The molecule has 0 bridgehead atoms. The van der Waals surface area contributed by atoms with Gasteiger partial charge in [-0.1, -0.05) is 38.1 Å². The highest BCUT2D eigenvalue weighted by Gasteiger charge is 2.23. The molecule has 7 heteroatoms. The molecule has 0 saturated carbocycles. The second-order valence-electron chi connectivity index (χ2n) is 8.55. The van der Waals surface area contributed by atoms with Gasteiger partial charge in [0.15, 0.2) is 0 Å². The first-order valence-corrected chi connectivity index (χ1v) is 12.9. The Balaban J connectivity index is 1.88. The van der Waals surface area contributed by atoms with E-state index in [0.717, 1.165) is 28.1 Å². The van der Waals surface area contributed by atoms with Crippen molar-refractivity contribution < 1.29 is 17.9 Å². The number of aryl methyl sites for hydroxylation is 3. The molecule has 0 radical (unpaired) electrons. The van der Waals surface area contributed by atoms with Gasteiger partial charge >= 0.3 is 0 Å². The molecule has 1 amide bonds. The monoisotopic (exact) mass is 460 g/mol. The minimum absolute atomic E-state index is 0.115. The Kier molecular flexibility index (Phi) is 9.13. The molecule has 6 nitrogen and oxygen atoms in total. The smallest absolute Gasteiger partial charge is 0.232 e. The van der Waals surface area contributed by atoms with Gasteiger partial charge in [0.1, 0.15) is 12.4 Å². The number of para-hydroxylation sites is 1. The summed E-state index contributed by atoms with van der Waals surface area (Å²) in [6.07, 6.45) is 1.90. The summed E-state index contributed by atoms with van der Waals surface area (Å²) in [5, 5.41) is 2.84. The van der Waals surface area contributed by atoms with Crippen molar-refractivity contribution in [1.82, 2.24) is 5.32 Å². The van der Waals surface area contributed by atoms with Crippen LogP contribution >= 0.6 is 0 Å². The van der Waals surface area contributed by atoms with E-state index in [0.29, 0.717) is 19.6 Å². The zero-order valence-electron chi connectivity index (χ0n) is 20.1. The van der Waals surface area contributed by atoms with Crippen molar-refractivity contribution in [2.45, 2.75) is 53.4 Å². The van der Waals surface area contributed by atoms with Gasteiger partial charge in [0, 0.05) is 13.0 Å². The molecule has 1 N–H and O–H groups in total. The number of nitrogens with zero attached hydrogens (tertiary/aromatic N) is 1. The molecule has 32 heavy (non-hydrogen) atoms. The van der Waals surface area contributed by atoms with E-state index in [1.807, 2.05) is 71.0 Å². The molecule has 2 aromatic carbocycles. The Bertz CT molecular complexity index is 1030. The molecule has 0 aromatic heterocycles. The highest BCUT2D eigenvalue weighted by molar-refractivity contribution is 7.92. The van der Waals surface area contributed by atoms with E-state index in [9.17, 15) is 13.2 Å². The number of ether oxygens (including phenoxy) is 1. The number of hydrogen-bond acceptors (Lipinski definition) is 4. The van der Waals surface area contributed by atoms with Crippen molar-refractivity contribution in [3.05, 3.63) is 58.7 Å². The van der Waals surface area contributed by atoms with Gasteiger partial charge in [-0.05, 0) is 67.5 Å². The van der Waals surface area contributed by atoms with Crippen molar-refractivity contribution >= 4 is 21.6 Å². The summed E-state index contributed by atoms with van der Waals surface area (Å²) in [5.74, 6) is 0.858. The lowest BCUT2D eigenvalue weighted by atomic mass is 9.98. The van der Waals surface area contributed by atoms with Crippen molar-refractivity contribution in [2.24, 2.45) is 0 Å². The third-order valence-electron chi connectivity index (χ3n) is 5.48. The van der Waals surface area contributed by atoms with E-state index < -0.39 is 10.0 Å². The summed E-state index contributed by atoms with van der Waals surface area (Å²) < 4.78 is 32.2. The number of hydrogen-bond donors (Lipinski definition) is 1. The summed E-state index contributed by atoms with van der Waals surface area (Å²) in [7, 11) is -3.47. The maximum Gasteiger partial charge on any atom is 0.232 e. The maximum atomic E-state index is 12.5. The number of anilines is 1. The molecular weight excluding hydrogens is 424 g/mol. The topological polar surface area (TPSA) is 75.7 Å². The quantitative estimate of drug-likeness (QED) is 0.502. The van der Waals surface area contributed by atoms with Crippen molar-refractivity contribution in [1.29, 1.82) is 0 Å². The van der Waals surface area contributed by atoms with E-state index in [4.69, 9.17) is 4.74 Å². The standard InChI is InChI=1S/C25H36N2O4S/c1-18(2)23-10-7-9-20(4)25(23)27(32(6,29)30)15-8-11-24(28)26-14-16-31-22-13-12-19(3)21(5)17-22/h7,9-10,12-13,17-18H,8,11,14-16H2,1-6H3,(H,26,28). The summed E-state index contributed by atoms with van der Waals surface area (Å²) in [5.41, 5.74) is 5.00. The fourth-order valence-electron chi connectivity index (χ4n) is 3.57. The maximum absolute atomic E-state index is 12.5. The molecule has 2 rings (SSSR count). The average molecular weight is 461 g/mol. The number of nitrogens with one attached hydrogen (secondary N) is 1. The highest BCUT2D eigenvalue weighted by atomic mass is 32.2. The van der Waals surface area contributed by atoms with Crippen molar-refractivity contribution in [3.8, 4) is 5.75 Å². The first kappa shape index (κ1) is 25.7. The number of benzene rings is 2. The van der Waals surface area contributed by atoms with Gasteiger partial charge in [0.25, 0.3) is 0 Å². The molecule has 0 aliphatic carbocycles. The Morgan fingerprint density at radius 2 is 1.78 bits per heavy atom. The van der Waals surface area contributed by atoms with Crippen LogP contribution in [0.5, 0.6) is 5.75 Å². The van der Waals surface area contributed by atoms with Crippen LogP contribution in [0.25, 0.3) is 0 Å². The van der Waals surface area contributed by atoms with Crippen LogP contribution in [-0.2, 0) is 14.8 Å². The molecule has 0 heterocycles. The molecule has 0 saturated heterocycles. The Morgan fingerprint density at radius 1 is 1.06 bits per heavy atom. The van der Waals surface area contributed by atoms with Crippen LogP contribution < -0.4 is 14.4 Å². The van der Waals surface area contributed by atoms with Gasteiger partial charge in [-0.15, -0.1) is 0 Å². The summed E-state index contributed by atoms with van der Waals surface area (Å²) in [6.45, 7) is 11.1. The van der Waals surface area contributed by atoms with Crippen LogP contribution in [0.4, 0.5) is 5.69 Å². The lowest BCUT2D eigenvalue weighted by Gasteiger charge is -2.28. The van der Waals surface area contributed by atoms with Crippen LogP contribution in [-0.4, -0.2) is 40.3 Å². The van der Waals surface area contributed by atoms with Crippen molar-refractivity contribution in [3.63, 3.8) is 0 Å². The SMILES string of the molecule is Cc1ccc(OCCNC(=O)CCCN(c2c(C)cccc2C(C)C)S(C)(=O)=O)cc1C. The average Bonchev–Trinajstić information content (AvgIpc) is 2.70. The van der Waals surface area contributed by atoms with Crippen LogP contribution in [0.3, 0.4) is 0 Å². The van der Waals surface area contributed by atoms with Gasteiger partial charge in [-0.3, -0.25) is 9.10 Å². The first-order chi connectivity index (χ1) is 15.0. The van der Waals surface area contributed by atoms with E-state index in [-0.39, 0.29) is 24.8 Å². The van der Waals surface area contributed by atoms with Crippen molar-refractivity contribution in [2.75, 3.05) is 30.3 Å². The zero-order chi connectivity index (χ0) is 23.9. The van der Waals surface area contributed by atoms with Gasteiger partial charge in [0.2, 0.25) is 15.9 Å². The van der Waals surface area contributed by atoms with E-state index in [1.54, 1.807) is 0 Å². The zero-order valence-corrected chi connectivity index (χ0v) is 20.9. The second-order valence-corrected chi connectivity index (χ2v) is 10.5. The van der Waals surface area contributed by atoms with Crippen LogP contribution in [0.2, 0.25) is 0 Å². The second kappa shape index (κ2) is 11.4. The minimum atomic E-state index is -3.47. The van der Waals surface area contributed by atoms with Crippen LogP contribution in [0.1, 0.15) is 54.9 Å². The normalized spacial score (nSPS) is 11.5. The van der Waals surface area contributed by atoms with Crippen LogP contribution in [0, 0.1) is 20.8 Å². The fourth-order valence-corrected chi connectivity index (χ4v) is 4.61. The molecule has 0 spiro atoms. The third kappa shape index (κ3) is 7.26. The number of sulfonamides is 1. The van der Waals surface area contributed by atoms with Gasteiger partial charge in [-0.25, -0.2) is 8.42 Å². The molecular formula is C25H36N2O4S. The number of amides is 1. The molecule has 0 atom stereocenters. The fraction of sp³-hybridized carbons (Fsp3) is 0.480. The number of carbonyl (C=O) groups is 1. The molecule has 2 aromatic rings. The van der Waals surface area contributed by atoms with E-state index >= 15 is 0 Å². The van der Waals surface area contributed by atoms with Gasteiger partial charge < -0.3 is 10.1 Å². The molecule has 0 aliphatic heterocycles. The summed E-state index contributed by atoms with van der Waals surface area (Å²) in [6, 6.07) is 11.7. The molecule has 176 valence electrons. The Labute approximate surface area is 193 Å². The Morgan fingerprint density at radius 3 is 2.41 bits per heavy atom. The number of carbonyl (C=O) groups excluding carboxylic acids is 1. The molecule has 0 unspecified atom stereocenters. The summed E-state index contributed by atoms with van der Waals surface area (Å²) in [4.78, 5) is 12.2. The first-order valence-electron chi connectivity index (χ1n) is 11.0. The molecule has 0 aliphatic rings. The highest BCUT2D eigenvalue weighted by Crippen LogP contribution is 2.32. The van der Waals surface area contributed by atoms with E-state index in [1.165, 1.54) is 16.1 Å². The minimum Gasteiger partial charge on any atom is -0.492 e. The Hall–Kier alpha value is -2.54. The lowest BCUT2D eigenvalue weighted by Crippen LogP contribution is -2.34. The predicted octanol–water partition coefficient (Wildman–Crippen LogP) is 4.48. The van der Waals surface area contributed by atoms with E-state index in [2.05, 4.69) is 5.32 Å². The lowest BCUT2D eigenvalue weighted by molar-refractivity contribution is -0.121. The molecule has 0 fully saturated rings. The third-order valence-corrected chi connectivity index (χ3v) is 6.64. The number of rotatable bonds is 11. The van der Waals surface area contributed by atoms with Gasteiger partial charge in [-0.2, -0.15) is 0 Å². The van der Waals surface area contributed by atoms with Gasteiger partial charge in [0.05, 0.1) is 18.5 Å². The summed E-state index contributed by atoms with van der Waals surface area (Å²) >= 11 is 0. The largest absolute Gasteiger partial charge is 0.492 e.